The molecule has 1 aliphatic rings. The van der Waals surface area contributed by atoms with E-state index in [0.717, 1.165) is 25.1 Å². The van der Waals surface area contributed by atoms with Crippen LogP contribution in [0, 0.1) is 0 Å². The highest BCUT2D eigenvalue weighted by Crippen LogP contribution is 2.20. The van der Waals surface area contributed by atoms with E-state index in [2.05, 4.69) is 4.98 Å². The van der Waals surface area contributed by atoms with Gasteiger partial charge in [-0.05, 0) is 25.8 Å². The minimum Gasteiger partial charge on any atom is -0.489 e. The Hall–Kier alpha value is -1.24. The largest absolute Gasteiger partial charge is 0.511 e. The van der Waals surface area contributed by atoms with Crippen LogP contribution in [0.5, 0.6) is 5.75 Å². The van der Waals surface area contributed by atoms with Gasteiger partial charge in [-0.2, -0.15) is 0 Å². The van der Waals surface area contributed by atoms with Crippen LogP contribution < -0.4 is 10.2 Å². The highest BCUT2D eigenvalue weighted by molar-refractivity contribution is 6.73. The van der Waals surface area contributed by atoms with E-state index >= 15 is 0 Å². The molecule has 18 heavy (non-hydrogen) atoms. The number of aromatic nitrogens is 1. The third kappa shape index (κ3) is 3.38. The first-order chi connectivity index (χ1) is 8.45. The molecular weight excluding hydrogens is 246 g/mol. The van der Waals surface area contributed by atoms with E-state index in [1.54, 1.807) is 0 Å². The summed E-state index contributed by atoms with van der Waals surface area (Å²) in [6.07, 6.45) is 4.07. The van der Waals surface area contributed by atoms with Gasteiger partial charge in [0.05, 0.1) is 18.4 Å². The second kappa shape index (κ2) is 5.18. The van der Waals surface area contributed by atoms with Gasteiger partial charge in [0.2, 0.25) is 0 Å². The first-order valence-electron chi connectivity index (χ1n) is 5.88. The van der Waals surface area contributed by atoms with Crippen molar-refractivity contribution in [3.63, 3.8) is 0 Å². The molecule has 1 fully saturated rings. The molecular formula is C11H14BF3NO2-. The first kappa shape index (κ1) is 13.2. The Morgan fingerprint density at radius 2 is 2.17 bits per heavy atom. The lowest BCUT2D eigenvalue weighted by Gasteiger charge is -2.16. The van der Waals surface area contributed by atoms with Crippen LogP contribution in [0.3, 0.4) is 0 Å². The predicted molar refractivity (Wildman–Crippen MR) is 62.0 cm³/mol. The lowest BCUT2D eigenvalue weighted by atomic mass is 9.81. The summed E-state index contributed by atoms with van der Waals surface area (Å²) in [6.45, 7) is -2.80. The number of pyridine rings is 1. The van der Waals surface area contributed by atoms with Gasteiger partial charge in [-0.3, -0.25) is 4.98 Å². The topological polar surface area (TPSA) is 31.4 Å². The van der Waals surface area contributed by atoms with E-state index in [4.69, 9.17) is 9.47 Å². The standard InChI is InChI=1S/C11H14BF3NO2/c1-8-2-3-10(18-8)7-17-11-4-9(5-16-6-11)12(13,14)15/h4-6,8,10H,2-3,7H2,1H3/q-1. The molecule has 0 saturated carbocycles. The highest BCUT2D eigenvalue weighted by atomic mass is 19.4. The lowest BCUT2D eigenvalue weighted by molar-refractivity contribution is 0.0264. The van der Waals surface area contributed by atoms with Crippen LogP contribution in [0.1, 0.15) is 19.8 Å². The van der Waals surface area contributed by atoms with E-state index in [9.17, 15) is 12.9 Å². The molecule has 0 amide bonds. The van der Waals surface area contributed by atoms with Crippen molar-refractivity contribution in [1.29, 1.82) is 0 Å². The number of hydrogen-bond acceptors (Lipinski definition) is 3. The van der Waals surface area contributed by atoms with Gasteiger partial charge < -0.3 is 22.4 Å². The van der Waals surface area contributed by atoms with E-state index in [-0.39, 0.29) is 24.6 Å². The SMILES string of the molecule is CC1CCC(COc2cncc([B-](F)(F)F)c2)O1. The van der Waals surface area contributed by atoms with Crippen LogP contribution in [0.15, 0.2) is 18.5 Å². The van der Waals surface area contributed by atoms with E-state index < -0.39 is 12.4 Å². The highest BCUT2D eigenvalue weighted by Gasteiger charge is 2.26. The molecule has 2 atom stereocenters. The Morgan fingerprint density at radius 1 is 1.39 bits per heavy atom. The van der Waals surface area contributed by atoms with Crippen LogP contribution in [-0.4, -0.2) is 30.8 Å². The quantitative estimate of drug-likeness (QED) is 0.776. The second-order valence-electron chi connectivity index (χ2n) is 4.49. The third-order valence-electron chi connectivity index (χ3n) is 2.87. The van der Waals surface area contributed by atoms with Gasteiger partial charge in [0.1, 0.15) is 12.4 Å². The maximum Gasteiger partial charge on any atom is 0.511 e. The van der Waals surface area contributed by atoms with E-state index in [1.165, 1.54) is 6.20 Å². The summed E-state index contributed by atoms with van der Waals surface area (Å²) in [6, 6.07) is 0.978. The second-order valence-corrected chi connectivity index (χ2v) is 4.49. The first-order valence-corrected chi connectivity index (χ1v) is 5.88. The Morgan fingerprint density at radius 3 is 2.78 bits per heavy atom. The molecule has 100 valence electrons. The molecule has 2 heterocycles. The van der Waals surface area contributed by atoms with Crippen molar-refractivity contribution in [2.24, 2.45) is 0 Å². The van der Waals surface area contributed by atoms with Gasteiger partial charge in [0, 0.05) is 6.20 Å². The Kier molecular flexibility index (Phi) is 3.80. The van der Waals surface area contributed by atoms with Crippen LogP contribution >= 0.6 is 0 Å². The molecule has 0 bridgehead atoms. The van der Waals surface area contributed by atoms with Gasteiger partial charge in [0.25, 0.3) is 0 Å². The summed E-state index contributed by atoms with van der Waals surface area (Å²) in [5.41, 5.74) is -0.742. The monoisotopic (exact) mass is 260 g/mol. The molecule has 2 rings (SSSR count). The van der Waals surface area contributed by atoms with Crippen molar-refractivity contribution >= 4 is 12.4 Å². The normalized spacial score (nSPS) is 24.2. The van der Waals surface area contributed by atoms with Crippen LogP contribution in [0.2, 0.25) is 0 Å². The third-order valence-corrected chi connectivity index (χ3v) is 2.87. The van der Waals surface area contributed by atoms with Gasteiger partial charge in [-0.25, -0.2) is 0 Å². The molecule has 1 aromatic heterocycles. The van der Waals surface area contributed by atoms with Gasteiger partial charge in [0.15, 0.2) is 0 Å². The lowest BCUT2D eigenvalue weighted by Crippen LogP contribution is -2.34. The molecule has 1 aromatic rings. The molecule has 7 heteroatoms. The van der Waals surface area contributed by atoms with Crippen molar-refractivity contribution < 1.29 is 22.4 Å². The van der Waals surface area contributed by atoms with Gasteiger partial charge in [-0.15, -0.1) is 0 Å². The fourth-order valence-electron chi connectivity index (χ4n) is 1.89. The molecule has 0 spiro atoms. The number of halogens is 3. The average Bonchev–Trinajstić information content (AvgIpc) is 2.72. The molecule has 1 saturated heterocycles. The Balaban J connectivity index is 1.93. The summed E-state index contributed by atoms with van der Waals surface area (Å²) in [7, 11) is 0. The zero-order valence-corrected chi connectivity index (χ0v) is 9.98. The number of hydrogen-bond donors (Lipinski definition) is 0. The summed E-state index contributed by atoms with van der Waals surface area (Å²) in [5.74, 6) is 0.134. The minimum absolute atomic E-state index is 0.0416. The number of rotatable bonds is 4. The van der Waals surface area contributed by atoms with Gasteiger partial charge >= 0.3 is 6.98 Å². The summed E-state index contributed by atoms with van der Waals surface area (Å²) < 4.78 is 48.3. The van der Waals surface area contributed by atoms with Crippen molar-refractivity contribution in [2.75, 3.05) is 6.61 Å². The number of ether oxygens (including phenoxy) is 2. The van der Waals surface area contributed by atoms with Gasteiger partial charge in [-0.1, -0.05) is 5.46 Å². The van der Waals surface area contributed by atoms with Crippen molar-refractivity contribution in [2.45, 2.75) is 32.0 Å². The molecule has 0 aromatic carbocycles. The predicted octanol–water partition coefficient (Wildman–Crippen LogP) is 2.08. The zero-order valence-electron chi connectivity index (χ0n) is 9.98. The van der Waals surface area contributed by atoms with Crippen LogP contribution in [0.25, 0.3) is 0 Å². The zero-order chi connectivity index (χ0) is 13.2. The molecule has 0 aliphatic carbocycles. The van der Waals surface area contributed by atoms with Crippen LogP contribution in [-0.2, 0) is 4.74 Å². The summed E-state index contributed by atoms with van der Waals surface area (Å²) in [5, 5.41) is 0. The fraction of sp³-hybridized carbons (Fsp3) is 0.545. The fourth-order valence-corrected chi connectivity index (χ4v) is 1.89. The van der Waals surface area contributed by atoms with Crippen molar-refractivity contribution in [3.05, 3.63) is 18.5 Å². The smallest absolute Gasteiger partial charge is 0.489 e. The average molecular weight is 260 g/mol. The summed E-state index contributed by atoms with van der Waals surface area (Å²) >= 11 is 0. The Bertz CT molecular complexity index is 414. The molecule has 1 aliphatic heterocycles. The number of nitrogens with zero attached hydrogens (tertiary/aromatic N) is 1. The molecule has 2 unspecified atom stereocenters. The maximum absolute atomic E-state index is 12.5. The van der Waals surface area contributed by atoms with Crippen LogP contribution in [0.4, 0.5) is 12.9 Å². The van der Waals surface area contributed by atoms with Crippen molar-refractivity contribution in [1.82, 2.24) is 4.98 Å². The van der Waals surface area contributed by atoms with E-state index in [0.29, 0.717) is 0 Å². The maximum atomic E-state index is 12.5. The van der Waals surface area contributed by atoms with Crippen molar-refractivity contribution in [3.8, 4) is 5.75 Å². The van der Waals surface area contributed by atoms with E-state index in [1.807, 2.05) is 6.92 Å². The minimum atomic E-state index is -5.03. The molecule has 0 N–H and O–H groups in total. The summed E-state index contributed by atoms with van der Waals surface area (Å²) in [4.78, 5) is 3.54. The Labute approximate surface area is 103 Å². The molecule has 0 radical (unpaired) electrons. The molecule has 3 nitrogen and oxygen atoms in total.